The van der Waals surface area contributed by atoms with Gasteiger partial charge in [-0.1, -0.05) is 6.92 Å². The average molecular weight is 233 g/mol. The summed E-state index contributed by atoms with van der Waals surface area (Å²) in [5.74, 6) is 1.37. The van der Waals surface area contributed by atoms with Crippen LogP contribution >= 0.6 is 0 Å². The molecule has 0 aromatic carbocycles. The van der Waals surface area contributed by atoms with Crippen molar-refractivity contribution in [2.45, 2.75) is 13.0 Å². The Balaban J connectivity index is 2.32. The molecule has 2 rings (SSSR count). The molecule has 1 N–H and O–H groups in total. The Morgan fingerprint density at radius 2 is 2.35 bits per heavy atom. The normalized spacial score (nSPS) is 12.4. The zero-order chi connectivity index (χ0) is 12.1. The number of methoxy groups -OCH3 is 1. The van der Waals surface area contributed by atoms with Crippen molar-refractivity contribution in [1.29, 1.82) is 0 Å². The molecule has 0 aliphatic heterocycles. The maximum absolute atomic E-state index is 5.41. The van der Waals surface area contributed by atoms with Gasteiger partial charge in [0.25, 0.3) is 0 Å². The molecule has 2 aromatic heterocycles. The van der Waals surface area contributed by atoms with Crippen LogP contribution < -0.4 is 10.1 Å². The van der Waals surface area contributed by atoms with Crippen molar-refractivity contribution in [3.05, 3.63) is 42.2 Å². The van der Waals surface area contributed by atoms with Gasteiger partial charge in [-0.05, 0) is 18.7 Å². The first kappa shape index (κ1) is 11.6. The second kappa shape index (κ2) is 5.45. The topological polar surface area (TPSA) is 60.2 Å². The van der Waals surface area contributed by atoms with Crippen LogP contribution in [-0.2, 0) is 0 Å². The van der Waals surface area contributed by atoms with Crippen molar-refractivity contribution in [3.8, 4) is 5.88 Å². The molecule has 0 amide bonds. The van der Waals surface area contributed by atoms with Gasteiger partial charge in [-0.3, -0.25) is 0 Å². The third-order valence-electron chi connectivity index (χ3n) is 2.40. The van der Waals surface area contributed by atoms with Crippen LogP contribution in [0.2, 0.25) is 0 Å². The molecule has 1 atom stereocenters. The molecule has 0 aliphatic rings. The smallest absolute Gasteiger partial charge is 0.216 e. The Labute approximate surface area is 99.8 Å². The van der Waals surface area contributed by atoms with Gasteiger partial charge in [0.15, 0.2) is 0 Å². The highest BCUT2D eigenvalue weighted by Crippen LogP contribution is 2.22. The number of ether oxygens (including phenoxy) is 1. The minimum Gasteiger partial charge on any atom is -0.481 e. The number of aromatic nitrogens is 2. The number of rotatable bonds is 5. The van der Waals surface area contributed by atoms with Gasteiger partial charge in [0.2, 0.25) is 5.88 Å². The number of nitrogens with one attached hydrogen (secondary N) is 1. The average Bonchev–Trinajstić information content (AvgIpc) is 2.89. The molecule has 0 radical (unpaired) electrons. The van der Waals surface area contributed by atoms with E-state index in [2.05, 4.69) is 15.3 Å². The summed E-state index contributed by atoms with van der Waals surface area (Å²) in [6.45, 7) is 2.85. The molecule has 0 bridgehead atoms. The third kappa shape index (κ3) is 2.62. The first-order valence-electron chi connectivity index (χ1n) is 5.48. The summed E-state index contributed by atoms with van der Waals surface area (Å²) in [6.07, 6.45) is 3.14. The van der Waals surface area contributed by atoms with Gasteiger partial charge in [-0.25, -0.2) is 9.97 Å². The number of furan rings is 1. The zero-order valence-electron chi connectivity index (χ0n) is 9.88. The van der Waals surface area contributed by atoms with Crippen LogP contribution in [0.15, 0.2) is 35.2 Å². The van der Waals surface area contributed by atoms with E-state index in [4.69, 9.17) is 9.15 Å². The van der Waals surface area contributed by atoms with E-state index in [1.54, 1.807) is 19.4 Å². The van der Waals surface area contributed by atoms with Gasteiger partial charge in [0.05, 0.1) is 19.1 Å². The van der Waals surface area contributed by atoms with E-state index in [1.165, 1.54) is 6.33 Å². The molecule has 0 fully saturated rings. The number of hydrogen-bond donors (Lipinski definition) is 1. The third-order valence-corrected chi connectivity index (χ3v) is 2.40. The van der Waals surface area contributed by atoms with E-state index in [0.29, 0.717) is 5.88 Å². The summed E-state index contributed by atoms with van der Waals surface area (Å²) in [5.41, 5.74) is 0.827. The maximum atomic E-state index is 5.41. The van der Waals surface area contributed by atoms with Crippen molar-refractivity contribution in [2.75, 3.05) is 13.7 Å². The predicted molar refractivity (Wildman–Crippen MR) is 62.8 cm³/mol. The molecule has 2 heterocycles. The van der Waals surface area contributed by atoms with Crippen LogP contribution in [0.25, 0.3) is 0 Å². The summed E-state index contributed by atoms with van der Waals surface area (Å²) < 4.78 is 10.5. The molecule has 0 spiro atoms. The first-order valence-corrected chi connectivity index (χ1v) is 5.48. The molecule has 2 aromatic rings. The Morgan fingerprint density at radius 1 is 1.47 bits per heavy atom. The highest BCUT2D eigenvalue weighted by molar-refractivity contribution is 5.23. The van der Waals surface area contributed by atoms with Gasteiger partial charge in [0.1, 0.15) is 18.1 Å². The van der Waals surface area contributed by atoms with Crippen molar-refractivity contribution in [1.82, 2.24) is 15.3 Å². The summed E-state index contributed by atoms with van der Waals surface area (Å²) in [7, 11) is 1.58. The second-order valence-corrected chi connectivity index (χ2v) is 3.49. The largest absolute Gasteiger partial charge is 0.481 e. The van der Waals surface area contributed by atoms with Crippen molar-refractivity contribution >= 4 is 0 Å². The van der Waals surface area contributed by atoms with Gasteiger partial charge in [-0.2, -0.15) is 0 Å². The van der Waals surface area contributed by atoms with Crippen molar-refractivity contribution < 1.29 is 9.15 Å². The fourth-order valence-electron chi connectivity index (χ4n) is 1.63. The number of hydrogen-bond acceptors (Lipinski definition) is 5. The van der Waals surface area contributed by atoms with Crippen LogP contribution in [0.4, 0.5) is 0 Å². The lowest BCUT2D eigenvalue weighted by Gasteiger charge is -2.15. The van der Waals surface area contributed by atoms with E-state index in [1.807, 2.05) is 19.1 Å². The van der Waals surface area contributed by atoms with Gasteiger partial charge < -0.3 is 14.5 Å². The molecular weight excluding hydrogens is 218 g/mol. The van der Waals surface area contributed by atoms with E-state index < -0.39 is 0 Å². The maximum Gasteiger partial charge on any atom is 0.216 e. The van der Waals surface area contributed by atoms with Crippen LogP contribution in [0.3, 0.4) is 0 Å². The Hall–Kier alpha value is -1.88. The minimum absolute atomic E-state index is 0.0769. The number of nitrogens with zero attached hydrogens (tertiary/aromatic N) is 2. The Kier molecular flexibility index (Phi) is 3.72. The summed E-state index contributed by atoms with van der Waals surface area (Å²) in [5, 5.41) is 3.31. The monoisotopic (exact) mass is 233 g/mol. The summed E-state index contributed by atoms with van der Waals surface area (Å²) in [4.78, 5) is 8.24. The standard InChI is InChI=1S/C12H15N3O2/c1-3-13-12(10-5-4-6-17-10)9-7-11(16-2)15-8-14-9/h4-8,12-13H,3H2,1-2H3. The van der Waals surface area contributed by atoms with E-state index in [0.717, 1.165) is 18.0 Å². The van der Waals surface area contributed by atoms with Gasteiger partial charge in [-0.15, -0.1) is 0 Å². The Bertz CT molecular complexity index is 457. The fraction of sp³-hybridized carbons (Fsp3) is 0.333. The highest BCUT2D eigenvalue weighted by atomic mass is 16.5. The van der Waals surface area contributed by atoms with Gasteiger partial charge >= 0.3 is 0 Å². The van der Waals surface area contributed by atoms with Crippen LogP contribution in [0.1, 0.15) is 24.4 Å². The lowest BCUT2D eigenvalue weighted by Crippen LogP contribution is -2.22. The molecule has 5 nitrogen and oxygen atoms in total. The molecule has 90 valence electrons. The first-order chi connectivity index (χ1) is 8.35. The van der Waals surface area contributed by atoms with Crippen molar-refractivity contribution in [2.24, 2.45) is 0 Å². The lowest BCUT2D eigenvalue weighted by molar-refractivity contribution is 0.392. The zero-order valence-corrected chi connectivity index (χ0v) is 9.88. The molecule has 5 heteroatoms. The van der Waals surface area contributed by atoms with Crippen LogP contribution in [0.5, 0.6) is 5.88 Å². The van der Waals surface area contributed by atoms with E-state index in [9.17, 15) is 0 Å². The van der Waals surface area contributed by atoms with Gasteiger partial charge in [0, 0.05) is 6.07 Å². The molecule has 1 unspecified atom stereocenters. The quantitative estimate of drug-likeness (QED) is 0.853. The molecule has 0 saturated carbocycles. The van der Waals surface area contributed by atoms with Crippen LogP contribution in [0, 0.1) is 0 Å². The Morgan fingerprint density at radius 3 is 3.00 bits per heavy atom. The van der Waals surface area contributed by atoms with Crippen molar-refractivity contribution in [3.63, 3.8) is 0 Å². The second-order valence-electron chi connectivity index (χ2n) is 3.49. The highest BCUT2D eigenvalue weighted by Gasteiger charge is 2.17. The van der Waals surface area contributed by atoms with Crippen LogP contribution in [-0.4, -0.2) is 23.6 Å². The van der Waals surface area contributed by atoms with E-state index >= 15 is 0 Å². The summed E-state index contributed by atoms with van der Waals surface area (Å²) in [6, 6.07) is 5.50. The fourth-order valence-corrected chi connectivity index (χ4v) is 1.63. The summed E-state index contributed by atoms with van der Waals surface area (Å²) >= 11 is 0. The molecule has 0 aliphatic carbocycles. The van der Waals surface area contributed by atoms with E-state index in [-0.39, 0.29) is 6.04 Å². The SMILES string of the molecule is CCNC(c1cc(OC)ncn1)c1ccco1. The molecular formula is C12H15N3O2. The predicted octanol–water partition coefficient (Wildman–Crippen LogP) is 1.78. The minimum atomic E-state index is -0.0769. The molecule has 0 saturated heterocycles. The molecule has 17 heavy (non-hydrogen) atoms. The lowest BCUT2D eigenvalue weighted by atomic mass is 10.1.